The predicted molar refractivity (Wildman–Crippen MR) is 110 cm³/mol. The third-order valence-electron chi connectivity index (χ3n) is 5.69. The minimum atomic E-state index is -0.127. The molecule has 0 unspecified atom stereocenters. The number of hydrogen-bond donors (Lipinski definition) is 1. The normalized spacial score (nSPS) is 18.9. The zero-order chi connectivity index (χ0) is 19.5. The first kappa shape index (κ1) is 19.4. The van der Waals surface area contributed by atoms with Gasteiger partial charge < -0.3 is 19.1 Å². The van der Waals surface area contributed by atoms with Crippen LogP contribution < -0.4 is 10.1 Å². The van der Waals surface area contributed by atoms with Gasteiger partial charge in [-0.05, 0) is 43.2 Å². The van der Waals surface area contributed by atoms with Crippen molar-refractivity contribution in [2.24, 2.45) is 0 Å². The summed E-state index contributed by atoms with van der Waals surface area (Å²) < 4.78 is 17.5. The second-order valence-electron chi connectivity index (χ2n) is 7.33. The summed E-state index contributed by atoms with van der Waals surface area (Å²) in [5.41, 5.74) is 2.09. The molecule has 7 nitrogen and oxygen atoms in total. The van der Waals surface area contributed by atoms with Crippen LogP contribution in [-0.2, 0) is 9.47 Å². The Bertz CT molecular complexity index is 828. The van der Waals surface area contributed by atoms with Gasteiger partial charge in [-0.1, -0.05) is 17.4 Å². The summed E-state index contributed by atoms with van der Waals surface area (Å²) in [5, 5.41) is 3.59. The topological polar surface area (TPSA) is 72.9 Å². The number of thiazole rings is 1. The van der Waals surface area contributed by atoms with Gasteiger partial charge in [0, 0.05) is 39.5 Å². The average molecular weight is 406 g/mol. The zero-order valence-corrected chi connectivity index (χ0v) is 17.2. The number of carbonyl (C=O) groups is 1. The maximum absolute atomic E-state index is 12.7. The molecule has 3 heterocycles. The van der Waals surface area contributed by atoms with E-state index in [0.29, 0.717) is 24.3 Å². The van der Waals surface area contributed by atoms with Crippen molar-refractivity contribution < 1.29 is 19.0 Å². The highest BCUT2D eigenvalue weighted by atomic mass is 32.1. The number of fused-ring (bicyclic) bond motifs is 1. The SMILES string of the molecule is COc1ccc(C2CCOCC2)c2sc(NC(=O)N(C)C3CCOCC3)nc12. The van der Waals surface area contributed by atoms with E-state index in [9.17, 15) is 4.79 Å². The molecule has 28 heavy (non-hydrogen) atoms. The molecular weight excluding hydrogens is 378 g/mol. The highest BCUT2D eigenvalue weighted by molar-refractivity contribution is 7.22. The number of anilines is 1. The smallest absolute Gasteiger partial charge is 0.323 e. The van der Waals surface area contributed by atoms with Crippen LogP contribution in [0.3, 0.4) is 0 Å². The maximum Gasteiger partial charge on any atom is 0.323 e. The van der Waals surface area contributed by atoms with Crippen LogP contribution in [-0.4, -0.2) is 62.5 Å². The first-order chi connectivity index (χ1) is 13.7. The molecule has 2 saturated heterocycles. The Labute approximate surface area is 169 Å². The quantitative estimate of drug-likeness (QED) is 0.837. The number of hydrogen-bond acceptors (Lipinski definition) is 6. The van der Waals surface area contributed by atoms with Crippen molar-refractivity contribution in [1.29, 1.82) is 0 Å². The summed E-state index contributed by atoms with van der Waals surface area (Å²) in [4.78, 5) is 19.2. The first-order valence-corrected chi connectivity index (χ1v) is 10.7. The summed E-state index contributed by atoms with van der Waals surface area (Å²) in [6.45, 7) is 2.98. The monoisotopic (exact) mass is 405 g/mol. The lowest BCUT2D eigenvalue weighted by Gasteiger charge is -2.30. The summed E-state index contributed by atoms with van der Waals surface area (Å²) in [6, 6.07) is 4.19. The van der Waals surface area contributed by atoms with E-state index in [2.05, 4.69) is 16.4 Å². The predicted octanol–water partition coefficient (Wildman–Crippen LogP) is 3.84. The molecule has 0 radical (unpaired) electrons. The van der Waals surface area contributed by atoms with Crippen LogP contribution in [0.15, 0.2) is 12.1 Å². The number of nitrogens with one attached hydrogen (secondary N) is 1. The van der Waals surface area contributed by atoms with Crippen LogP contribution in [0.1, 0.15) is 37.2 Å². The molecule has 2 fully saturated rings. The van der Waals surface area contributed by atoms with Gasteiger partial charge in [-0.3, -0.25) is 5.32 Å². The van der Waals surface area contributed by atoms with Crippen LogP contribution >= 0.6 is 11.3 Å². The number of aromatic nitrogens is 1. The molecule has 2 aromatic rings. The molecular formula is C20H27N3O4S. The van der Waals surface area contributed by atoms with E-state index in [1.54, 1.807) is 12.0 Å². The van der Waals surface area contributed by atoms with Gasteiger partial charge in [0.25, 0.3) is 0 Å². The number of benzene rings is 1. The molecule has 1 aromatic heterocycles. The molecule has 8 heteroatoms. The van der Waals surface area contributed by atoms with E-state index in [1.807, 2.05) is 13.1 Å². The second-order valence-corrected chi connectivity index (χ2v) is 8.32. The minimum Gasteiger partial charge on any atom is -0.494 e. The number of rotatable bonds is 4. The third kappa shape index (κ3) is 3.94. The minimum absolute atomic E-state index is 0.127. The molecule has 2 aliphatic rings. The lowest BCUT2D eigenvalue weighted by molar-refractivity contribution is 0.0544. The van der Waals surface area contributed by atoms with Gasteiger partial charge in [0.2, 0.25) is 0 Å². The Hall–Kier alpha value is -1.90. The number of urea groups is 1. The standard InChI is InChI=1S/C20H27N3O4S/c1-23(14-7-11-27-12-8-14)20(24)22-19-21-17-16(25-2)4-3-15(18(17)28-19)13-5-9-26-10-6-13/h3-4,13-14H,5-12H2,1-2H3,(H,21,22,24). The average Bonchev–Trinajstić information content (AvgIpc) is 3.17. The zero-order valence-electron chi connectivity index (χ0n) is 16.4. The fraction of sp³-hybridized carbons (Fsp3) is 0.600. The van der Waals surface area contributed by atoms with Crippen molar-refractivity contribution in [2.75, 3.05) is 45.9 Å². The van der Waals surface area contributed by atoms with Crippen molar-refractivity contribution in [3.8, 4) is 5.75 Å². The Kier molecular flexibility index (Phi) is 5.99. The Morgan fingerprint density at radius 1 is 1.18 bits per heavy atom. The van der Waals surface area contributed by atoms with Gasteiger partial charge in [-0.2, -0.15) is 0 Å². The van der Waals surface area contributed by atoms with E-state index < -0.39 is 0 Å². The number of methoxy groups -OCH3 is 1. The summed E-state index contributed by atoms with van der Waals surface area (Å²) in [6.07, 6.45) is 3.75. The van der Waals surface area contributed by atoms with Gasteiger partial charge in [0.05, 0.1) is 11.8 Å². The third-order valence-corrected chi connectivity index (χ3v) is 6.71. The molecule has 0 aliphatic carbocycles. The summed E-state index contributed by atoms with van der Waals surface area (Å²) >= 11 is 1.52. The first-order valence-electron chi connectivity index (χ1n) is 9.84. The van der Waals surface area contributed by atoms with Crippen LogP contribution in [0.25, 0.3) is 10.2 Å². The molecule has 2 aliphatic heterocycles. The largest absolute Gasteiger partial charge is 0.494 e. The molecule has 1 N–H and O–H groups in total. The fourth-order valence-electron chi connectivity index (χ4n) is 3.97. The summed E-state index contributed by atoms with van der Waals surface area (Å²) in [5.74, 6) is 1.19. The molecule has 0 spiro atoms. The van der Waals surface area contributed by atoms with Crippen LogP contribution in [0.2, 0.25) is 0 Å². The van der Waals surface area contributed by atoms with E-state index in [1.165, 1.54) is 16.9 Å². The Morgan fingerprint density at radius 3 is 2.54 bits per heavy atom. The van der Waals surface area contributed by atoms with E-state index >= 15 is 0 Å². The van der Waals surface area contributed by atoms with Crippen molar-refractivity contribution in [3.63, 3.8) is 0 Å². The van der Waals surface area contributed by atoms with Gasteiger partial charge in [-0.15, -0.1) is 0 Å². The van der Waals surface area contributed by atoms with Crippen LogP contribution in [0.4, 0.5) is 9.93 Å². The van der Waals surface area contributed by atoms with Gasteiger partial charge in [-0.25, -0.2) is 9.78 Å². The van der Waals surface area contributed by atoms with Gasteiger partial charge in [0.15, 0.2) is 5.13 Å². The van der Waals surface area contributed by atoms with Crippen LogP contribution in [0, 0.1) is 0 Å². The number of nitrogens with zero attached hydrogens (tertiary/aromatic N) is 2. The number of carbonyl (C=O) groups excluding carboxylic acids is 1. The lowest BCUT2D eigenvalue weighted by atomic mass is 9.91. The van der Waals surface area contributed by atoms with Crippen LogP contribution in [0.5, 0.6) is 5.75 Å². The van der Waals surface area contributed by atoms with Crippen molar-refractivity contribution in [2.45, 2.75) is 37.6 Å². The molecule has 2 amide bonds. The molecule has 4 rings (SSSR count). The van der Waals surface area contributed by atoms with E-state index in [0.717, 1.165) is 54.9 Å². The van der Waals surface area contributed by atoms with Gasteiger partial charge in [0.1, 0.15) is 11.3 Å². The maximum atomic E-state index is 12.7. The highest BCUT2D eigenvalue weighted by Gasteiger charge is 2.25. The fourth-order valence-corrected chi connectivity index (χ4v) is 5.03. The molecule has 0 saturated carbocycles. The van der Waals surface area contributed by atoms with E-state index in [-0.39, 0.29) is 12.1 Å². The van der Waals surface area contributed by atoms with E-state index in [4.69, 9.17) is 14.2 Å². The second kappa shape index (κ2) is 8.63. The van der Waals surface area contributed by atoms with Crippen molar-refractivity contribution >= 4 is 32.7 Å². The van der Waals surface area contributed by atoms with Crippen molar-refractivity contribution in [3.05, 3.63) is 17.7 Å². The van der Waals surface area contributed by atoms with Crippen molar-refractivity contribution in [1.82, 2.24) is 9.88 Å². The molecule has 1 aromatic carbocycles. The lowest BCUT2D eigenvalue weighted by Crippen LogP contribution is -2.42. The molecule has 152 valence electrons. The number of ether oxygens (including phenoxy) is 3. The number of amides is 2. The molecule has 0 bridgehead atoms. The Morgan fingerprint density at radius 2 is 1.86 bits per heavy atom. The molecule has 0 atom stereocenters. The van der Waals surface area contributed by atoms with Gasteiger partial charge >= 0.3 is 6.03 Å². The highest BCUT2D eigenvalue weighted by Crippen LogP contribution is 2.40. The Balaban J connectivity index is 1.58. The summed E-state index contributed by atoms with van der Waals surface area (Å²) in [7, 11) is 3.49.